The molecular formula is C13H23N3O2. The number of nitrogens with one attached hydrogen (secondary N) is 1. The van der Waals surface area contributed by atoms with Gasteiger partial charge in [-0.3, -0.25) is 9.59 Å². The number of amides is 2. The van der Waals surface area contributed by atoms with Crippen LogP contribution < -0.4 is 5.32 Å². The van der Waals surface area contributed by atoms with Crippen molar-refractivity contribution in [3.63, 3.8) is 0 Å². The first-order chi connectivity index (χ1) is 8.58. The minimum Gasteiger partial charge on any atom is -0.339 e. The first kappa shape index (κ1) is 13.3. The van der Waals surface area contributed by atoms with Crippen molar-refractivity contribution in [1.29, 1.82) is 0 Å². The molecule has 2 rings (SSSR count). The fraction of sp³-hybridized carbons (Fsp3) is 0.846. The van der Waals surface area contributed by atoms with Gasteiger partial charge in [0, 0.05) is 33.1 Å². The third-order valence-electron chi connectivity index (χ3n) is 4.00. The highest BCUT2D eigenvalue weighted by molar-refractivity contribution is 5.82. The van der Waals surface area contributed by atoms with Crippen molar-refractivity contribution in [2.24, 2.45) is 5.92 Å². The predicted octanol–water partition coefficient (Wildman–Crippen LogP) is 0.0652. The average Bonchev–Trinajstić information content (AvgIpc) is 2.38. The summed E-state index contributed by atoms with van der Waals surface area (Å²) in [5, 5.41) is 3.31. The van der Waals surface area contributed by atoms with Gasteiger partial charge in [-0.2, -0.15) is 0 Å². The normalized spacial score (nSPS) is 29.2. The van der Waals surface area contributed by atoms with E-state index in [1.165, 1.54) is 0 Å². The Labute approximate surface area is 108 Å². The molecule has 0 aromatic heterocycles. The predicted molar refractivity (Wildman–Crippen MR) is 69.0 cm³/mol. The van der Waals surface area contributed by atoms with Crippen LogP contribution in [0.15, 0.2) is 0 Å². The van der Waals surface area contributed by atoms with Gasteiger partial charge in [0.25, 0.3) is 0 Å². The number of piperidine rings is 1. The van der Waals surface area contributed by atoms with E-state index >= 15 is 0 Å². The van der Waals surface area contributed by atoms with Gasteiger partial charge in [-0.05, 0) is 25.3 Å². The maximum Gasteiger partial charge on any atom is 0.239 e. The molecule has 5 nitrogen and oxygen atoms in total. The van der Waals surface area contributed by atoms with Crippen LogP contribution in [0, 0.1) is 5.92 Å². The van der Waals surface area contributed by atoms with Crippen molar-refractivity contribution in [2.75, 3.05) is 32.7 Å². The number of rotatable bonds is 1. The van der Waals surface area contributed by atoms with Crippen LogP contribution in [0.2, 0.25) is 0 Å². The molecule has 2 amide bonds. The molecule has 18 heavy (non-hydrogen) atoms. The van der Waals surface area contributed by atoms with Gasteiger partial charge in [0.15, 0.2) is 0 Å². The zero-order valence-corrected chi connectivity index (χ0v) is 11.3. The lowest BCUT2D eigenvalue weighted by Gasteiger charge is -2.37. The van der Waals surface area contributed by atoms with E-state index in [1.54, 1.807) is 11.8 Å². The summed E-state index contributed by atoms with van der Waals surface area (Å²) in [5.41, 5.74) is 0. The summed E-state index contributed by atoms with van der Waals surface area (Å²) in [5.74, 6) is 0.940. The third-order valence-corrected chi connectivity index (χ3v) is 4.00. The molecule has 102 valence electrons. The molecule has 2 saturated heterocycles. The molecular weight excluding hydrogens is 230 g/mol. The summed E-state index contributed by atoms with van der Waals surface area (Å²) in [6.07, 6.45) is 2.09. The van der Waals surface area contributed by atoms with E-state index < -0.39 is 0 Å². The number of hydrogen-bond donors (Lipinski definition) is 1. The van der Waals surface area contributed by atoms with Gasteiger partial charge in [0.2, 0.25) is 11.8 Å². The molecule has 2 fully saturated rings. The van der Waals surface area contributed by atoms with Gasteiger partial charge in [0.05, 0.1) is 6.04 Å². The third kappa shape index (κ3) is 3.02. The van der Waals surface area contributed by atoms with Gasteiger partial charge in [-0.25, -0.2) is 0 Å². The van der Waals surface area contributed by atoms with Crippen LogP contribution in [0.4, 0.5) is 0 Å². The monoisotopic (exact) mass is 253 g/mol. The molecule has 5 heteroatoms. The van der Waals surface area contributed by atoms with E-state index in [0.717, 1.165) is 19.4 Å². The lowest BCUT2D eigenvalue weighted by molar-refractivity contribution is -0.140. The zero-order chi connectivity index (χ0) is 13.1. The molecule has 0 radical (unpaired) electrons. The van der Waals surface area contributed by atoms with Crippen LogP contribution in [0.25, 0.3) is 0 Å². The van der Waals surface area contributed by atoms with Crippen LogP contribution in [0.5, 0.6) is 0 Å². The van der Waals surface area contributed by atoms with E-state index in [9.17, 15) is 9.59 Å². The molecule has 0 saturated carbocycles. The van der Waals surface area contributed by atoms with E-state index in [-0.39, 0.29) is 17.9 Å². The molecule has 0 aromatic rings. The molecule has 0 aromatic carbocycles. The Balaban J connectivity index is 1.85. The van der Waals surface area contributed by atoms with Crippen molar-refractivity contribution in [2.45, 2.75) is 32.7 Å². The Morgan fingerprint density at radius 3 is 2.28 bits per heavy atom. The summed E-state index contributed by atoms with van der Waals surface area (Å²) < 4.78 is 0. The SMILES string of the molecule is CC(=O)N1CCN(C(=O)C2CC(C)CCN2)CC1. The topological polar surface area (TPSA) is 52.7 Å². The van der Waals surface area contributed by atoms with Crippen LogP contribution >= 0.6 is 0 Å². The molecule has 2 heterocycles. The molecule has 1 N–H and O–H groups in total. The summed E-state index contributed by atoms with van der Waals surface area (Å²) in [4.78, 5) is 27.3. The van der Waals surface area contributed by atoms with Gasteiger partial charge in [0.1, 0.15) is 0 Å². The lowest BCUT2D eigenvalue weighted by Crippen LogP contribution is -2.56. The van der Waals surface area contributed by atoms with Crippen LogP contribution in [-0.2, 0) is 9.59 Å². The summed E-state index contributed by atoms with van der Waals surface area (Å²) in [7, 11) is 0. The van der Waals surface area contributed by atoms with E-state index in [0.29, 0.717) is 32.1 Å². The van der Waals surface area contributed by atoms with E-state index in [4.69, 9.17) is 0 Å². The molecule has 2 aliphatic rings. The maximum absolute atomic E-state index is 12.3. The van der Waals surface area contributed by atoms with Crippen molar-refractivity contribution < 1.29 is 9.59 Å². The van der Waals surface area contributed by atoms with Crippen LogP contribution in [-0.4, -0.2) is 60.4 Å². The largest absolute Gasteiger partial charge is 0.339 e. The van der Waals surface area contributed by atoms with Crippen molar-refractivity contribution in [1.82, 2.24) is 15.1 Å². The van der Waals surface area contributed by atoms with Gasteiger partial charge >= 0.3 is 0 Å². The van der Waals surface area contributed by atoms with Crippen LogP contribution in [0.1, 0.15) is 26.7 Å². The average molecular weight is 253 g/mol. The standard InChI is InChI=1S/C13H23N3O2/c1-10-3-4-14-12(9-10)13(18)16-7-5-15(6-8-16)11(2)17/h10,12,14H,3-9H2,1-2H3. The number of nitrogens with zero attached hydrogens (tertiary/aromatic N) is 2. The highest BCUT2D eigenvalue weighted by Gasteiger charge is 2.30. The highest BCUT2D eigenvalue weighted by Crippen LogP contribution is 2.17. The lowest BCUT2D eigenvalue weighted by atomic mass is 9.93. The number of carbonyl (C=O) groups excluding carboxylic acids is 2. The second-order valence-electron chi connectivity index (χ2n) is 5.47. The highest BCUT2D eigenvalue weighted by atomic mass is 16.2. The Morgan fingerprint density at radius 2 is 1.72 bits per heavy atom. The molecule has 0 spiro atoms. The van der Waals surface area contributed by atoms with E-state index in [1.807, 2.05) is 4.90 Å². The second-order valence-corrected chi connectivity index (χ2v) is 5.47. The summed E-state index contributed by atoms with van der Waals surface area (Å²) in [6, 6.07) is -0.0161. The Morgan fingerprint density at radius 1 is 1.11 bits per heavy atom. The minimum atomic E-state index is -0.0161. The first-order valence-electron chi connectivity index (χ1n) is 6.85. The number of piperazine rings is 1. The zero-order valence-electron chi connectivity index (χ0n) is 11.3. The minimum absolute atomic E-state index is 0.0161. The fourth-order valence-corrected chi connectivity index (χ4v) is 2.76. The summed E-state index contributed by atoms with van der Waals surface area (Å²) >= 11 is 0. The number of carbonyl (C=O) groups is 2. The summed E-state index contributed by atoms with van der Waals surface area (Å²) in [6.45, 7) is 7.41. The van der Waals surface area contributed by atoms with Crippen molar-refractivity contribution in [3.05, 3.63) is 0 Å². The number of hydrogen-bond acceptors (Lipinski definition) is 3. The molecule has 0 bridgehead atoms. The molecule has 0 aliphatic carbocycles. The van der Waals surface area contributed by atoms with Gasteiger partial charge < -0.3 is 15.1 Å². The fourth-order valence-electron chi connectivity index (χ4n) is 2.76. The Kier molecular flexibility index (Phi) is 4.22. The van der Waals surface area contributed by atoms with Crippen molar-refractivity contribution in [3.8, 4) is 0 Å². The van der Waals surface area contributed by atoms with Gasteiger partial charge in [-0.1, -0.05) is 6.92 Å². The molecule has 2 aliphatic heterocycles. The first-order valence-corrected chi connectivity index (χ1v) is 6.85. The van der Waals surface area contributed by atoms with Crippen LogP contribution in [0.3, 0.4) is 0 Å². The van der Waals surface area contributed by atoms with Gasteiger partial charge in [-0.15, -0.1) is 0 Å². The van der Waals surface area contributed by atoms with Crippen molar-refractivity contribution >= 4 is 11.8 Å². The smallest absolute Gasteiger partial charge is 0.239 e. The van der Waals surface area contributed by atoms with E-state index in [2.05, 4.69) is 12.2 Å². The molecule has 2 atom stereocenters. The Bertz CT molecular complexity index is 324. The maximum atomic E-state index is 12.3. The quantitative estimate of drug-likeness (QED) is 0.719. The Hall–Kier alpha value is -1.10. The molecule has 2 unspecified atom stereocenters. The second kappa shape index (κ2) is 5.69.